The lowest BCUT2D eigenvalue weighted by Gasteiger charge is -2.07. The summed E-state index contributed by atoms with van der Waals surface area (Å²) in [6, 6.07) is 11.0. The molecule has 0 spiro atoms. The van der Waals surface area contributed by atoms with E-state index in [1.165, 1.54) is 35.6 Å². The predicted octanol–water partition coefficient (Wildman–Crippen LogP) is 2.99. The number of primary sulfonamides is 1. The molecule has 2 aromatic carbocycles. The second-order valence-electron chi connectivity index (χ2n) is 5.67. The van der Waals surface area contributed by atoms with Gasteiger partial charge < -0.3 is 0 Å². The molecule has 1 heterocycles. The molecule has 0 bridgehead atoms. The highest BCUT2D eigenvalue weighted by atomic mass is 35.5. The van der Waals surface area contributed by atoms with Crippen LogP contribution in [0.5, 0.6) is 0 Å². The van der Waals surface area contributed by atoms with Gasteiger partial charge in [-0.15, -0.1) is 11.3 Å². The van der Waals surface area contributed by atoms with Crippen LogP contribution in [0.1, 0.15) is 11.1 Å². The average molecular weight is 431 g/mol. The van der Waals surface area contributed by atoms with Gasteiger partial charge >= 0.3 is 0 Å². The highest BCUT2D eigenvalue weighted by molar-refractivity contribution is 7.91. The minimum Gasteiger partial charge on any atom is -0.225 e. The Balaban J connectivity index is 1.84. The minimum absolute atomic E-state index is 0.0265. The summed E-state index contributed by atoms with van der Waals surface area (Å²) in [6.45, 7) is 1.77. The summed E-state index contributed by atoms with van der Waals surface area (Å²) in [6.07, 6.45) is 0. The van der Waals surface area contributed by atoms with Gasteiger partial charge in [-0.2, -0.15) is 0 Å². The van der Waals surface area contributed by atoms with Crippen LogP contribution in [0.2, 0.25) is 5.02 Å². The van der Waals surface area contributed by atoms with Crippen molar-refractivity contribution < 1.29 is 16.8 Å². The van der Waals surface area contributed by atoms with E-state index in [9.17, 15) is 16.8 Å². The summed E-state index contributed by atoms with van der Waals surface area (Å²) in [5, 5.41) is 6.40. The van der Waals surface area contributed by atoms with Crippen LogP contribution >= 0.6 is 22.9 Å². The molecule has 26 heavy (non-hydrogen) atoms. The maximum absolute atomic E-state index is 12.7. The second kappa shape index (κ2) is 6.91. The monoisotopic (exact) mass is 430 g/mol. The van der Waals surface area contributed by atoms with Gasteiger partial charge in [0.1, 0.15) is 4.21 Å². The molecule has 0 aliphatic rings. The smallest absolute Gasteiger partial charge is 0.225 e. The lowest BCUT2D eigenvalue weighted by molar-refractivity contribution is 0.582. The number of hydrogen-bond acceptors (Lipinski definition) is 5. The Hall–Kier alpha value is -1.49. The molecule has 0 aliphatic carbocycles. The average Bonchev–Trinajstić information content (AvgIpc) is 2.90. The number of rotatable bonds is 5. The molecule has 1 aromatic heterocycles. The molecule has 3 N–H and O–H groups in total. The largest absolute Gasteiger partial charge is 0.250 e. The normalized spacial score (nSPS) is 12.6. The maximum Gasteiger partial charge on any atom is 0.250 e. The molecule has 0 unspecified atom stereocenters. The van der Waals surface area contributed by atoms with Crippen molar-refractivity contribution in [3.05, 3.63) is 58.6 Å². The van der Waals surface area contributed by atoms with Crippen molar-refractivity contribution in [2.75, 3.05) is 0 Å². The van der Waals surface area contributed by atoms with Gasteiger partial charge in [-0.05, 0) is 53.8 Å². The summed E-state index contributed by atoms with van der Waals surface area (Å²) in [7, 11) is -7.50. The zero-order valence-corrected chi connectivity index (χ0v) is 16.8. The van der Waals surface area contributed by atoms with E-state index in [4.69, 9.17) is 16.7 Å². The Morgan fingerprint density at radius 2 is 1.73 bits per heavy atom. The SMILES string of the molecule is Cc1c(S(=O)(=O)NCc2ccc(S(N)(=O)=O)cc2)sc2ccc(Cl)cc12. The van der Waals surface area contributed by atoms with Gasteiger partial charge in [-0.25, -0.2) is 26.7 Å². The van der Waals surface area contributed by atoms with Crippen LogP contribution in [-0.2, 0) is 26.6 Å². The van der Waals surface area contributed by atoms with Crippen molar-refractivity contribution in [1.82, 2.24) is 4.72 Å². The lowest BCUT2D eigenvalue weighted by Crippen LogP contribution is -2.23. The molecule has 0 radical (unpaired) electrons. The van der Waals surface area contributed by atoms with E-state index in [0.717, 1.165) is 10.1 Å². The fourth-order valence-corrected chi connectivity index (χ4v) is 5.96. The molecule has 138 valence electrons. The van der Waals surface area contributed by atoms with Gasteiger partial charge in [-0.1, -0.05) is 23.7 Å². The van der Waals surface area contributed by atoms with E-state index in [1.54, 1.807) is 25.1 Å². The van der Waals surface area contributed by atoms with Crippen LogP contribution in [0.3, 0.4) is 0 Å². The van der Waals surface area contributed by atoms with Crippen molar-refractivity contribution >= 4 is 53.1 Å². The molecular weight excluding hydrogens is 416 g/mol. The van der Waals surface area contributed by atoms with Gasteiger partial charge in [0, 0.05) is 16.3 Å². The Morgan fingerprint density at radius 3 is 2.35 bits per heavy atom. The van der Waals surface area contributed by atoms with E-state index >= 15 is 0 Å². The summed E-state index contributed by atoms with van der Waals surface area (Å²) in [4.78, 5) is -0.0265. The number of hydrogen-bond donors (Lipinski definition) is 2. The summed E-state index contributed by atoms with van der Waals surface area (Å²) >= 11 is 7.16. The third-order valence-electron chi connectivity index (χ3n) is 3.82. The first kappa shape index (κ1) is 19.3. The van der Waals surface area contributed by atoms with Gasteiger partial charge in [0.25, 0.3) is 10.0 Å². The van der Waals surface area contributed by atoms with Crippen molar-refractivity contribution in [2.24, 2.45) is 5.14 Å². The highest BCUT2D eigenvalue weighted by Gasteiger charge is 2.21. The summed E-state index contributed by atoms with van der Waals surface area (Å²) < 4.78 is 51.4. The fraction of sp³-hybridized carbons (Fsp3) is 0.125. The van der Waals surface area contributed by atoms with Crippen molar-refractivity contribution in [3.8, 4) is 0 Å². The topological polar surface area (TPSA) is 106 Å². The van der Waals surface area contributed by atoms with E-state index < -0.39 is 20.0 Å². The van der Waals surface area contributed by atoms with Crippen LogP contribution in [0, 0.1) is 6.92 Å². The van der Waals surface area contributed by atoms with Gasteiger partial charge in [-0.3, -0.25) is 0 Å². The number of nitrogens with two attached hydrogens (primary N) is 1. The Kier molecular flexibility index (Phi) is 5.13. The molecule has 10 heteroatoms. The molecule has 0 aliphatic heterocycles. The first-order chi connectivity index (χ1) is 12.1. The number of nitrogens with one attached hydrogen (secondary N) is 1. The van der Waals surface area contributed by atoms with Gasteiger partial charge in [0.2, 0.25) is 10.0 Å². The highest BCUT2D eigenvalue weighted by Crippen LogP contribution is 2.35. The lowest BCUT2D eigenvalue weighted by atomic mass is 10.2. The molecule has 3 aromatic rings. The van der Waals surface area contributed by atoms with E-state index in [-0.39, 0.29) is 15.6 Å². The molecule has 0 fully saturated rings. The van der Waals surface area contributed by atoms with Crippen LogP contribution in [-0.4, -0.2) is 16.8 Å². The third kappa shape index (κ3) is 3.93. The van der Waals surface area contributed by atoms with Crippen LogP contribution in [0.15, 0.2) is 51.6 Å². The Labute approximate surface area is 160 Å². The van der Waals surface area contributed by atoms with Gasteiger partial charge in [0.15, 0.2) is 0 Å². The van der Waals surface area contributed by atoms with E-state index in [0.29, 0.717) is 16.1 Å². The minimum atomic E-state index is -3.78. The molecule has 0 amide bonds. The number of halogens is 1. The quantitative estimate of drug-likeness (QED) is 0.648. The predicted molar refractivity (Wildman–Crippen MR) is 103 cm³/mol. The molecule has 0 saturated carbocycles. The van der Waals surface area contributed by atoms with E-state index in [1.807, 2.05) is 0 Å². The van der Waals surface area contributed by atoms with Gasteiger partial charge in [0.05, 0.1) is 4.90 Å². The molecule has 3 rings (SSSR count). The van der Waals surface area contributed by atoms with Crippen LogP contribution in [0.4, 0.5) is 0 Å². The Bertz CT molecular complexity index is 1180. The molecular formula is C16H15ClN2O4S3. The number of aryl methyl sites for hydroxylation is 1. The molecule has 0 atom stereocenters. The first-order valence-electron chi connectivity index (χ1n) is 7.38. The summed E-state index contributed by atoms with van der Waals surface area (Å²) in [5.41, 5.74) is 1.26. The van der Waals surface area contributed by atoms with Crippen molar-refractivity contribution in [1.29, 1.82) is 0 Å². The second-order valence-corrected chi connectivity index (χ2v) is 10.7. The van der Waals surface area contributed by atoms with Crippen LogP contribution < -0.4 is 9.86 Å². The molecule has 6 nitrogen and oxygen atoms in total. The fourth-order valence-electron chi connectivity index (χ4n) is 2.47. The number of sulfonamides is 2. The summed E-state index contributed by atoms with van der Waals surface area (Å²) in [5.74, 6) is 0. The Morgan fingerprint density at radius 1 is 1.08 bits per heavy atom. The number of benzene rings is 2. The van der Waals surface area contributed by atoms with Crippen molar-refractivity contribution in [2.45, 2.75) is 22.6 Å². The number of thiophene rings is 1. The zero-order chi connectivity index (χ0) is 19.1. The third-order valence-corrected chi connectivity index (χ3v) is 8.28. The maximum atomic E-state index is 12.7. The standard InChI is InChI=1S/C16H15ClN2O4S3/c1-10-14-8-12(17)4-7-15(14)24-16(10)26(22,23)19-9-11-2-5-13(6-3-11)25(18,20)21/h2-8,19H,9H2,1H3,(H2,18,20,21). The van der Waals surface area contributed by atoms with Crippen LogP contribution in [0.25, 0.3) is 10.1 Å². The van der Waals surface area contributed by atoms with E-state index in [2.05, 4.69) is 4.72 Å². The molecule has 0 saturated heterocycles. The number of fused-ring (bicyclic) bond motifs is 1. The first-order valence-corrected chi connectivity index (χ1v) is 11.6. The zero-order valence-electron chi connectivity index (χ0n) is 13.6. The van der Waals surface area contributed by atoms with Crippen molar-refractivity contribution in [3.63, 3.8) is 0 Å².